The summed E-state index contributed by atoms with van der Waals surface area (Å²) in [6.45, 7) is 3.97. The number of halogens is 1. The van der Waals surface area contributed by atoms with E-state index >= 15 is 0 Å². The van der Waals surface area contributed by atoms with Crippen LogP contribution in [0.1, 0.15) is 32.6 Å². The van der Waals surface area contributed by atoms with Crippen molar-refractivity contribution in [2.24, 2.45) is 0 Å². The maximum absolute atomic E-state index is 12.7. The maximum atomic E-state index is 12.7. The monoisotopic (exact) mass is 417 g/mol. The lowest BCUT2D eigenvalue weighted by Crippen LogP contribution is -2.20. The van der Waals surface area contributed by atoms with Crippen LogP contribution >= 0.6 is 11.6 Å². The summed E-state index contributed by atoms with van der Waals surface area (Å²) in [7, 11) is 0. The topological polar surface area (TPSA) is 59.3 Å². The number of carbonyl (C=O) groups excluding carboxylic acids is 1. The summed E-state index contributed by atoms with van der Waals surface area (Å²) >= 11 is 6.27. The van der Waals surface area contributed by atoms with E-state index in [4.69, 9.17) is 16.0 Å². The molecule has 1 heterocycles. The number of rotatable bonds is 4. The van der Waals surface area contributed by atoms with Crippen LogP contribution < -0.4 is 10.9 Å². The highest BCUT2D eigenvalue weighted by Gasteiger charge is 2.15. The van der Waals surface area contributed by atoms with E-state index in [9.17, 15) is 9.59 Å². The quantitative estimate of drug-likeness (QED) is 0.420. The largest absolute Gasteiger partial charge is 0.422 e. The second kappa shape index (κ2) is 8.17. The number of hydrogen-bond donors (Lipinski definition) is 1. The van der Waals surface area contributed by atoms with Crippen molar-refractivity contribution in [1.29, 1.82) is 0 Å². The summed E-state index contributed by atoms with van der Waals surface area (Å²) in [6, 6.07) is 20.4. The Morgan fingerprint density at radius 1 is 0.967 bits per heavy atom. The lowest BCUT2D eigenvalue weighted by atomic mass is 10.0. The van der Waals surface area contributed by atoms with Gasteiger partial charge in [-0.2, -0.15) is 0 Å². The van der Waals surface area contributed by atoms with Crippen molar-refractivity contribution in [3.63, 3.8) is 0 Å². The van der Waals surface area contributed by atoms with Gasteiger partial charge in [-0.05, 0) is 78.9 Å². The maximum Gasteiger partial charge on any atom is 0.349 e. The van der Waals surface area contributed by atoms with Crippen LogP contribution in [0.4, 0.5) is 5.69 Å². The molecule has 0 radical (unpaired) electrons. The summed E-state index contributed by atoms with van der Waals surface area (Å²) in [5, 5.41) is 4.16. The number of benzene rings is 3. The first kappa shape index (κ1) is 19.9. The molecule has 4 nitrogen and oxygen atoms in total. The summed E-state index contributed by atoms with van der Waals surface area (Å²) in [5.74, 6) is -0.495. The Morgan fingerprint density at radius 2 is 1.77 bits per heavy atom. The lowest BCUT2D eigenvalue weighted by molar-refractivity contribution is 0.102. The molecule has 0 aliphatic heterocycles. The first-order chi connectivity index (χ1) is 14.4. The van der Waals surface area contributed by atoms with Crippen LogP contribution in [0.3, 0.4) is 0 Å². The average molecular weight is 418 g/mol. The van der Waals surface area contributed by atoms with Gasteiger partial charge in [0.05, 0.1) is 0 Å². The van der Waals surface area contributed by atoms with E-state index in [0.29, 0.717) is 28.1 Å². The minimum atomic E-state index is -0.664. The fourth-order valence-corrected chi connectivity index (χ4v) is 3.52. The van der Waals surface area contributed by atoms with Gasteiger partial charge >= 0.3 is 5.63 Å². The standard InChI is InChI=1S/C25H20ClNO3/c1-15-7-9-20(11-16(15)2)27-24(28)21-14-19-13-17(8-10-23(19)30-25(21)29)12-18-5-3-4-6-22(18)26/h3-11,13-14H,12H2,1-2H3,(H,27,28). The molecule has 0 aliphatic carbocycles. The van der Waals surface area contributed by atoms with Crippen LogP contribution in [-0.4, -0.2) is 5.91 Å². The Balaban J connectivity index is 1.65. The highest BCUT2D eigenvalue weighted by Crippen LogP contribution is 2.22. The Labute approximate surface area is 179 Å². The van der Waals surface area contributed by atoms with Gasteiger partial charge in [0, 0.05) is 16.1 Å². The van der Waals surface area contributed by atoms with Gasteiger partial charge in [0.1, 0.15) is 11.1 Å². The molecule has 1 aromatic heterocycles. The van der Waals surface area contributed by atoms with Crippen molar-refractivity contribution < 1.29 is 9.21 Å². The van der Waals surface area contributed by atoms with E-state index in [2.05, 4.69) is 5.32 Å². The number of aryl methyl sites for hydroxylation is 2. The minimum absolute atomic E-state index is 0.0318. The highest BCUT2D eigenvalue weighted by molar-refractivity contribution is 6.31. The number of anilines is 1. The molecule has 5 heteroatoms. The smallest absolute Gasteiger partial charge is 0.349 e. The van der Waals surface area contributed by atoms with E-state index in [1.165, 1.54) is 0 Å². The second-order valence-electron chi connectivity index (χ2n) is 7.34. The molecule has 30 heavy (non-hydrogen) atoms. The molecule has 0 unspecified atom stereocenters. The van der Waals surface area contributed by atoms with E-state index < -0.39 is 11.5 Å². The minimum Gasteiger partial charge on any atom is -0.422 e. The number of carbonyl (C=O) groups is 1. The number of hydrogen-bond acceptors (Lipinski definition) is 3. The van der Waals surface area contributed by atoms with Crippen molar-refractivity contribution in [2.75, 3.05) is 5.32 Å². The molecule has 3 aromatic carbocycles. The Hall–Kier alpha value is -3.37. The first-order valence-corrected chi connectivity index (χ1v) is 9.97. The number of nitrogens with one attached hydrogen (secondary N) is 1. The third-order valence-electron chi connectivity index (χ3n) is 5.16. The predicted molar refractivity (Wildman–Crippen MR) is 121 cm³/mol. The van der Waals surface area contributed by atoms with Crippen molar-refractivity contribution in [3.8, 4) is 0 Å². The van der Waals surface area contributed by atoms with Gasteiger partial charge in [0.2, 0.25) is 0 Å². The number of amides is 1. The van der Waals surface area contributed by atoms with Gasteiger partial charge in [-0.3, -0.25) is 4.79 Å². The molecule has 0 fully saturated rings. The van der Waals surface area contributed by atoms with Gasteiger partial charge in [0.15, 0.2) is 0 Å². The summed E-state index contributed by atoms with van der Waals surface area (Å²) in [5.41, 5.74) is 4.57. The Bertz CT molecular complexity index is 1320. The molecule has 4 rings (SSSR count). The van der Waals surface area contributed by atoms with E-state index in [1.54, 1.807) is 12.1 Å². The van der Waals surface area contributed by atoms with Crippen LogP contribution in [0.25, 0.3) is 11.0 Å². The van der Waals surface area contributed by atoms with Crippen molar-refractivity contribution in [1.82, 2.24) is 0 Å². The van der Waals surface area contributed by atoms with Gasteiger partial charge in [0.25, 0.3) is 5.91 Å². The lowest BCUT2D eigenvalue weighted by Gasteiger charge is -2.08. The van der Waals surface area contributed by atoms with Crippen molar-refractivity contribution in [3.05, 3.63) is 110 Å². The SMILES string of the molecule is Cc1ccc(NC(=O)c2cc3cc(Cc4ccccc4Cl)ccc3oc2=O)cc1C. The normalized spacial score (nSPS) is 10.9. The van der Waals surface area contributed by atoms with Crippen LogP contribution in [0.5, 0.6) is 0 Å². The summed E-state index contributed by atoms with van der Waals surface area (Å²) in [6.07, 6.45) is 0.638. The zero-order valence-corrected chi connectivity index (χ0v) is 17.4. The Morgan fingerprint density at radius 3 is 2.53 bits per heavy atom. The van der Waals surface area contributed by atoms with E-state index in [0.717, 1.165) is 22.3 Å². The van der Waals surface area contributed by atoms with Crippen molar-refractivity contribution in [2.45, 2.75) is 20.3 Å². The molecule has 0 bridgehead atoms. The number of fused-ring (bicyclic) bond motifs is 1. The molecular formula is C25H20ClNO3. The first-order valence-electron chi connectivity index (χ1n) is 9.59. The second-order valence-corrected chi connectivity index (χ2v) is 7.75. The molecule has 0 aliphatic rings. The zero-order valence-electron chi connectivity index (χ0n) is 16.7. The van der Waals surface area contributed by atoms with Gasteiger partial charge < -0.3 is 9.73 Å². The van der Waals surface area contributed by atoms with E-state index in [1.807, 2.05) is 68.4 Å². The van der Waals surface area contributed by atoms with Gasteiger partial charge in [-0.25, -0.2) is 4.79 Å². The molecule has 0 saturated heterocycles. The molecule has 4 aromatic rings. The van der Waals surface area contributed by atoms with Gasteiger partial charge in [-0.15, -0.1) is 0 Å². The van der Waals surface area contributed by atoms with E-state index in [-0.39, 0.29) is 5.56 Å². The molecule has 0 atom stereocenters. The molecule has 1 N–H and O–H groups in total. The summed E-state index contributed by atoms with van der Waals surface area (Å²) < 4.78 is 5.38. The van der Waals surface area contributed by atoms with Crippen LogP contribution in [0.15, 0.2) is 75.9 Å². The Kier molecular flexibility index (Phi) is 5.42. The molecular weight excluding hydrogens is 398 g/mol. The zero-order chi connectivity index (χ0) is 21.3. The van der Waals surface area contributed by atoms with Gasteiger partial charge in [-0.1, -0.05) is 41.9 Å². The fourth-order valence-electron chi connectivity index (χ4n) is 3.32. The highest BCUT2D eigenvalue weighted by atomic mass is 35.5. The molecule has 0 saturated carbocycles. The van der Waals surface area contributed by atoms with Crippen LogP contribution in [0, 0.1) is 13.8 Å². The summed E-state index contributed by atoms with van der Waals surface area (Å²) in [4.78, 5) is 25.1. The van der Waals surface area contributed by atoms with Crippen molar-refractivity contribution >= 4 is 34.2 Å². The molecule has 0 spiro atoms. The third kappa shape index (κ3) is 4.14. The predicted octanol–water partition coefficient (Wildman–Crippen LogP) is 5.91. The molecule has 150 valence electrons. The van der Waals surface area contributed by atoms with Crippen LogP contribution in [0.2, 0.25) is 5.02 Å². The average Bonchev–Trinajstić information content (AvgIpc) is 2.72. The fraction of sp³-hybridized carbons (Fsp3) is 0.120. The van der Waals surface area contributed by atoms with Crippen LogP contribution in [-0.2, 0) is 6.42 Å². The molecule has 1 amide bonds. The third-order valence-corrected chi connectivity index (χ3v) is 5.53.